The first-order chi connectivity index (χ1) is 4.43. The molecule has 1 heterocycles. The predicted octanol–water partition coefficient (Wildman–Crippen LogP) is -3.92. The zero-order chi connectivity index (χ0) is 6.53. The number of halogens is 1. The number of nitrogens with one attached hydrogen (secondary N) is 1. The molecule has 3 nitrogen and oxygen atoms in total. The molecule has 0 amide bonds. The van der Waals surface area contributed by atoms with E-state index in [1.807, 2.05) is 6.07 Å². The number of hydrogen-bond acceptors (Lipinski definition) is 2. The summed E-state index contributed by atoms with van der Waals surface area (Å²) in [6, 6.07) is 5.35. The minimum atomic E-state index is 0. The van der Waals surface area contributed by atoms with Crippen LogP contribution in [0, 0.1) is 5.21 Å². The molecule has 0 aliphatic carbocycles. The topological polar surface area (TPSA) is 49.9 Å². The second kappa shape index (κ2) is 4.93. The van der Waals surface area contributed by atoms with Crippen molar-refractivity contribution in [2.24, 2.45) is 0 Å². The molecule has 0 aliphatic rings. The van der Waals surface area contributed by atoms with Gasteiger partial charge in [-0.2, -0.15) is 0 Å². The normalized spacial score (nSPS) is 9.20. The minimum absolute atomic E-state index is 0. The van der Waals surface area contributed by atoms with Crippen LogP contribution in [0.3, 0.4) is 0 Å². The van der Waals surface area contributed by atoms with E-state index < -0.39 is 0 Å². The van der Waals surface area contributed by atoms with Gasteiger partial charge in [0, 0.05) is 6.20 Å². The molecule has 0 aliphatic heterocycles. The van der Waals surface area contributed by atoms with Gasteiger partial charge in [0.15, 0.2) is 6.21 Å². The zero-order valence-electron chi connectivity index (χ0n) is 5.12. The second-order valence-electron chi connectivity index (χ2n) is 1.52. The third-order valence-electron chi connectivity index (χ3n) is 0.895. The third-order valence-corrected chi connectivity index (χ3v) is 0.895. The van der Waals surface area contributed by atoms with Crippen LogP contribution < -0.4 is 22.1 Å². The van der Waals surface area contributed by atoms with Crippen LogP contribution in [-0.2, 0) is 0 Å². The summed E-state index contributed by atoms with van der Waals surface area (Å²) in [6.45, 7) is 0. The SMILES string of the molecule is [Br-].[O-][NH+]=Cc1ccccn1. The Morgan fingerprint density at radius 1 is 1.50 bits per heavy atom. The average molecular weight is 202 g/mol. The maximum atomic E-state index is 9.75. The lowest BCUT2D eigenvalue weighted by molar-refractivity contribution is -0.366. The van der Waals surface area contributed by atoms with Crippen molar-refractivity contribution in [3.63, 3.8) is 0 Å². The highest BCUT2D eigenvalue weighted by Crippen LogP contribution is 1.84. The van der Waals surface area contributed by atoms with E-state index in [0.717, 1.165) is 0 Å². The molecule has 1 aromatic heterocycles. The predicted molar refractivity (Wildman–Crippen MR) is 33.7 cm³/mol. The fourth-order valence-corrected chi connectivity index (χ4v) is 0.522. The molecule has 1 N–H and O–H groups in total. The van der Waals surface area contributed by atoms with E-state index in [0.29, 0.717) is 5.69 Å². The molecule has 10 heavy (non-hydrogen) atoms. The van der Waals surface area contributed by atoms with Crippen LogP contribution in [-0.4, -0.2) is 11.2 Å². The lowest BCUT2D eigenvalue weighted by Crippen LogP contribution is -3.00. The smallest absolute Gasteiger partial charge is 0.198 e. The summed E-state index contributed by atoms with van der Waals surface area (Å²) in [4.78, 5) is 3.85. The van der Waals surface area contributed by atoms with Crippen LogP contribution in [0.1, 0.15) is 5.69 Å². The van der Waals surface area contributed by atoms with E-state index in [1.165, 1.54) is 6.21 Å². The first kappa shape index (κ1) is 9.10. The van der Waals surface area contributed by atoms with Gasteiger partial charge in [-0.25, -0.2) is 5.16 Å². The summed E-state index contributed by atoms with van der Waals surface area (Å²) in [5.41, 5.74) is 0.646. The molecule has 4 heteroatoms. The Labute approximate surface area is 69.2 Å². The first-order valence-electron chi connectivity index (χ1n) is 2.55. The molecule has 0 unspecified atom stereocenters. The van der Waals surface area contributed by atoms with Crippen LogP contribution in [0.25, 0.3) is 0 Å². The maximum Gasteiger partial charge on any atom is 0.198 e. The van der Waals surface area contributed by atoms with Crippen molar-refractivity contribution in [2.45, 2.75) is 0 Å². The zero-order valence-corrected chi connectivity index (χ0v) is 6.71. The summed E-state index contributed by atoms with van der Waals surface area (Å²) in [6.07, 6.45) is 2.92. The Morgan fingerprint density at radius 2 is 2.30 bits per heavy atom. The Kier molecular flexibility index (Phi) is 4.49. The molecule has 0 radical (unpaired) electrons. The van der Waals surface area contributed by atoms with Crippen molar-refractivity contribution < 1.29 is 22.1 Å². The average Bonchev–Trinajstić information content (AvgIpc) is 1.91. The number of hydrogen-bond donors (Lipinski definition) is 1. The monoisotopic (exact) mass is 201 g/mol. The van der Waals surface area contributed by atoms with Crippen LogP contribution in [0.5, 0.6) is 0 Å². The fraction of sp³-hybridized carbons (Fsp3) is 0. The number of nitrogens with zero attached hydrogens (tertiary/aromatic N) is 1. The van der Waals surface area contributed by atoms with Gasteiger partial charge in [0.1, 0.15) is 5.69 Å². The van der Waals surface area contributed by atoms with Gasteiger partial charge >= 0.3 is 0 Å². The van der Waals surface area contributed by atoms with Crippen LogP contribution >= 0.6 is 0 Å². The van der Waals surface area contributed by atoms with E-state index in [4.69, 9.17) is 0 Å². The molecular weight excluding hydrogens is 196 g/mol. The van der Waals surface area contributed by atoms with E-state index >= 15 is 0 Å². The molecule has 1 aromatic rings. The molecule has 0 fully saturated rings. The number of pyridine rings is 1. The van der Waals surface area contributed by atoms with Gasteiger partial charge in [-0.15, -0.1) is 0 Å². The van der Waals surface area contributed by atoms with Crippen LogP contribution in [0.15, 0.2) is 24.4 Å². The van der Waals surface area contributed by atoms with Crippen LogP contribution in [0.4, 0.5) is 0 Å². The summed E-state index contributed by atoms with van der Waals surface area (Å²) in [5.74, 6) is 0. The highest BCUT2D eigenvalue weighted by atomic mass is 79.9. The Balaban J connectivity index is 0.000000810. The van der Waals surface area contributed by atoms with Gasteiger partial charge in [-0.1, -0.05) is 6.07 Å². The molecule has 0 spiro atoms. The highest BCUT2D eigenvalue weighted by molar-refractivity contribution is 5.71. The summed E-state index contributed by atoms with van der Waals surface area (Å²) >= 11 is 0. The molecule has 1 rings (SSSR count). The van der Waals surface area contributed by atoms with Crippen molar-refractivity contribution in [3.8, 4) is 0 Å². The van der Waals surface area contributed by atoms with Gasteiger partial charge in [-0.3, -0.25) is 4.98 Å². The summed E-state index contributed by atoms with van der Waals surface area (Å²) < 4.78 is 0. The summed E-state index contributed by atoms with van der Waals surface area (Å²) in [7, 11) is 0. The number of aromatic nitrogens is 1. The van der Waals surface area contributed by atoms with Crippen molar-refractivity contribution in [2.75, 3.05) is 0 Å². The van der Waals surface area contributed by atoms with Crippen molar-refractivity contribution in [1.29, 1.82) is 0 Å². The minimum Gasteiger partial charge on any atom is -1.00 e. The number of rotatable bonds is 1. The van der Waals surface area contributed by atoms with Gasteiger partial charge in [0.05, 0.1) is 0 Å². The Bertz CT molecular complexity index is 200. The van der Waals surface area contributed by atoms with Crippen molar-refractivity contribution >= 4 is 6.21 Å². The molecular formula is C6H6BrN2O-. The molecule has 0 bridgehead atoms. The van der Waals surface area contributed by atoms with E-state index in [9.17, 15) is 5.21 Å². The summed E-state index contributed by atoms with van der Waals surface area (Å²) in [5, 5.41) is 11.4. The van der Waals surface area contributed by atoms with E-state index in [2.05, 4.69) is 4.98 Å². The maximum absolute atomic E-state index is 9.75. The van der Waals surface area contributed by atoms with E-state index in [1.54, 1.807) is 23.5 Å². The fourth-order valence-electron chi connectivity index (χ4n) is 0.522. The lowest BCUT2D eigenvalue weighted by atomic mass is 10.4. The van der Waals surface area contributed by atoms with Gasteiger partial charge < -0.3 is 22.2 Å². The Hall–Kier alpha value is -0.900. The molecule has 0 saturated carbocycles. The second-order valence-corrected chi connectivity index (χ2v) is 1.52. The molecule has 0 saturated heterocycles. The largest absolute Gasteiger partial charge is 1.00 e. The van der Waals surface area contributed by atoms with Gasteiger partial charge in [0.25, 0.3) is 0 Å². The lowest BCUT2D eigenvalue weighted by Gasteiger charge is -1.83. The quantitative estimate of drug-likeness (QED) is 0.287. The van der Waals surface area contributed by atoms with Gasteiger partial charge in [0.2, 0.25) is 0 Å². The third kappa shape index (κ3) is 2.59. The molecule has 0 atom stereocenters. The Morgan fingerprint density at radius 3 is 2.80 bits per heavy atom. The van der Waals surface area contributed by atoms with Gasteiger partial charge in [-0.05, 0) is 12.1 Å². The molecule has 0 aromatic carbocycles. The van der Waals surface area contributed by atoms with E-state index in [-0.39, 0.29) is 17.0 Å². The standard InChI is InChI=1S/C6H6N2O.BrH/c9-8-5-6-3-1-2-4-7-6;/h1-5,8H;1H/p-1. The molecule has 54 valence electrons. The van der Waals surface area contributed by atoms with Crippen molar-refractivity contribution in [3.05, 3.63) is 35.3 Å². The van der Waals surface area contributed by atoms with Crippen molar-refractivity contribution in [1.82, 2.24) is 4.98 Å². The van der Waals surface area contributed by atoms with Crippen LogP contribution in [0.2, 0.25) is 0 Å². The highest BCUT2D eigenvalue weighted by Gasteiger charge is 1.84. The first-order valence-corrected chi connectivity index (χ1v) is 2.55.